The molecule has 0 saturated heterocycles. The third-order valence-electron chi connectivity index (χ3n) is 8.57. The Bertz CT molecular complexity index is 2500. The summed E-state index contributed by atoms with van der Waals surface area (Å²) in [7, 11) is 0. The molecule has 0 amide bonds. The quantitative estimate of drug-likeness (QED) is 0.196. The number of fused-ring (bicyclic) bond motifs is 4. The van der Waals surface area contributed by atoms with Crippen molar-refractivity contribution in [1.82, 2.24) is 19.9 Å². The van der Waals surface area contributed by atoms with Crippen LogP contribution in [0.25, 0.3) is 89.4 Å². The normalized spacial score (nSPS) is 11.4. The lowest BCUT2D eigenvalue weighted by Gasteiger charge is -2.13. The SMILES string of the molecule is c1ccc(-c2nc(-c3ccccc3)nc(-c3ccc(-c4ccc5c(ccc6oc(-c7ccccc7)nc65)c4)c4ccccc34)n2)cc1. The number of oxazole rings is 1. The molecule has 0 aliphatic carbocycles. The van der Waals surface area contributed by atoms with Crippen molar-refractivity contribution in [1.29, 1.82) is 0 Å². The van der Waals surface area contributed by atoms with Gasteiger partial charge in [-0.3, -0.25) is 0 Å². The summed E-state index contributed by atoms with van der Waals surface area (Å²) in [4.78, 5) is 19.8. The van der Waals surface area contributed by atoms with Crippen molar-refractivity contribution in [2.45, 2.75) is 0 Å². The van der Waals surface area contributed by atoms with Crippen molar-refractivity contribution >= 4 is 32.6 Å². The number of benzene rings is 7. The van der Waals surface area contributed by atoms with Gasteiger partial charge in [-0.25, -0.2) is 19.9 Å². The predicted octanol–water partition coefficient (Wildman–Crippen LogP) is 10.7. The van der Waals surface area contributed by atoms with Gasteiger partial charge in [-0.15, -0.1) is 0 Å². The molecule has 0 spiro atoms. The van der Waals surface area contributed by atoms with E-state index in [1.807, 2.05) is 97.1 Å². The van der Waals surface area contributed by atoms with Gasteiger partial charge in [0.2, 0.25) is 5.89 Å². The van der Waals surface area contributed by atoms with Gasteiger partial charge in [-0.05, 0) is 57.6 Å². The van der Waals surface area contributed by atoms with Gasteiger partial charge in [0.15, 0.2) is 23.1 Å². The molecule has 0 bridgehead atoms. The lowest BCUT2D eigenvalue weighted by molar-refractivity contribution is 0.620. The van der Waals surface area contributed by atoms with Crippen LogP contribution in [-0.4, -0.2) is 19.9 Å². The fourth-order valence-electron chi connectivity index (χ4n) is 6.27. The average molecular weight is 603 g/mol. The topological polar surface area (TPSA) is 64.7 Å². The number of hydrogen-bond acceptors (Lipinski definition) is 5. The van der Waals surface area contributed by atoms with Gasteiger partial charge in [-0.2, -0.15) is 0 Å². The van der Waals surface area contributed by atoms with Gasteiger partial charge >= 0.3 is 0 Å². The molecule has 5 heteroatoms. The van der Waals surface area contributed by atoms with Gasteiger partial charge in [0.25, 0.3) is 0 Å². The van der Waals surface area contributed by atoms with Crippen LogP contribution in [0, 0.1) is 0 Å². The lowest BCUT2D eigenvalue weighted by atomic mass is 9.93. The molecule has 2 heterocycles. The summed E-state index contributed by atoms with van der Waals surface area (Å²) in [6.45, 7) is 0. The molecule has 0 aliphatic heterocycles. The Morgan fingerprint density at radius 1 is 0.362 bits per heavy atom. The maximum atomic E-state index is 6.14. The summed E-state index contributed by atoms with van der Waals surface area (Å²) in [5, 5.41) is 4.37. The van der Waals surface area contributed by atoms with Crippen LogP contribution in [0.1, 0.15) is 0 Å². The van der Waals surface area contributed by atoms with E-state index in [0.717, 1.165) is 66.0 Å². The van der Waals surface area contributed by atoms with Crippen LogP contribution in [0.4, 0.5) is 0 Å². The molecule has 0 fully saturated rings. The molecule has 7 aromatic carbocycles. The minimum absolute atomic E-state index is 0.628. The average Bonchev–Trinajstić information content (AvgIpc) is 3.60. The molecule has 0 unspecified atom stereocenters. The highest BCUT2D eigenvalue weighted by Gasteiger charge is 2.17. The molecule has 9 aromatic rings. The minimum Gasteiger partial charge on any atom is -0.436 e. The van der Waals surface area contributed by atoms with Crippen LogP contribution < -0.4 is 0 Å². The number of nitrogens with zero attached hydrogens (tertiary/aromatic N) is 4. The van der Waals surface area contributed by atoms with Gasteiger partial charge < -0.3 is 4.42 Å². The molecule has 5 nitrogen and oxygen atoms in total. The summed E-state index contributed by atoms with van der Waals surface area (Å²) in [6, 6.07) is 53.6. The Hall–Kier alpha value is -6.46. The van der Waals surface area contributed by atoms with Gasteiger partial charge in [0.1, 0.15) is 5.52 Å². The number of aromatic nitrogens is 4. The van der Waals surface area contributed by atoms with Gasteiger partial charge in [0, 0.05) is 27.6 Å². The maximum Gasteiger partial charge on any atom is 0.227 e. The molecule has 2 aromatic heterocycles. The van der Waals surface area contributed by atoms with E-state index in [-0.39, 0.29) is 0 Å². The summed E-state index contributed by atoms with van der Waals surface area (Å²) < 4.78 is 6.14. The third-order valence-corrected chi connectivity index (χ3v) is 8.57. The highest BCUT2D eigenvalue weighted by Crippen LogP contribution is 2.38. The first-order valence-electron chi connectivity index (χ1n) is 15.6. The zero-order valence-electron chi connectivity index (χ0n) is 25.2. The summed E-state index contributed by atoms with van der Waals surface area (Å²) >= 11 is 0. The number of rotatable bonds is 5. The van der Waals surface area contributed by atoms with E-state index in [1.165, 1.54) is 0 Å². The van der Waals surface area contributed by atoms with Crippen molar-refractivity contribution in [3.63, 3.8) is 0 Å². The smallest absolute Gasteiger partial charge is 0.227 e. The second-order valence-electron chi connectivity index (χ2n) is 11.5. The summed E-state index contributed by atoms with van der Waals surface area (Å²) in [5.41, 5.74) is 7.72. The van der Waals surface area contributed by atoms with Crippen molar-refractivity contribution in [2.24, 2.45) is 0 Å². The molecular weight excluding hydrogens is 576 g/mol. The third kappa shape index (κ3) is 4.82. The van der Waals surface area contributed by atoms with E-state index < -0.39 is 0 Å². The predicted molar refractivity (Wildman–Crippen MR) is 190 cm³/mol. The van der Waals surface area contributed by atoms with E-state index in [2.05, 4.69) is 60.7 Å². The van der Waals surface area contributed by atoms with E-state index in [4.69, 9.17) is 24.4 Å². The van der Waals surface area contributed by atoms with Gasteiger partial charge in [-0.1, -0.05) is 127 Å². The first-order chi connectivity index (χ1) is 23.3. The number of hydrogen-bond donors (Lipinski definition) is 0. The zero-order chi connectivity index (χ0) is 31.2. The highest BCUT2D eigenvalue weighted by atomic mass is 16.3. The second-order valence-corrected chi connectivity index (χ2v) is 11.5. The lowest BCUT2D eigenvalue weighted by Crippen LogP contribution is -2.00. The Kier molecular flexibility index (Phi) is 6.39. The largest absolute Gasteiger partial charge is 0.436 e. The zero-order valence-corrected chi connectivity index (χ0v) is 25.2. The molecule has 0 saturated carbocycles. The molecule has 0 aliphatic rings. The monoisotopic (exact) mass is 602 g/mol. The van der Waals surface area contributed by atoms with Crippen molar-refractivity contribution in [2.75, 3.05) is 0 Å². The van der Waals surface area contributed by atoms with Crippen LogP contribution in [0.2, 0.25) is 0 Å². The summed E-state index contributed by atoms with van der Waals surface area (Å²) in [5.74, 6) is 2.56. The molecular formula is C42H26N4O. The molecule has 9 rings (SSSR count). The van der Waals surface area contributed by atoms with E-state index >= 15 is 0 Å². The second kappa shape index (κ2) is 11.2. The van der Waals surface area contributed by atoms with Crippen LogP contribution in [-0.2, 0) is 0 Å². The van der Waals surface area contributed by atoms with Crippen molar-refractivity contribution < 1.29 is 4.42 Å². The molecule has 0 atom stereocenters. The van der Waals surface area contributed by atoms with E-state index in [0.29, 0.717) is 23.4 Å². The standard InChI is InChI=1S/C42H26N4O/c1-4-12-27(13-5-1)39-44-40(28-14-6-2-7-15-28)46-41(45-39)36-24-23-32(34-18-10-11-19-35(34)36)30-20-22-33-31(26-30)21-25-37-38(33)43-42(47-37)29-16-8-3-9-17-29/h1-26H. The van der Waals surface area contributed by atoms with E-state index in [9.17, 15) is 0 Å². The van der Waals surface area contributed by atoms with Crippen LogP contribution >= 0.6 is 0 Å². The van der Waals surface area contributed by atoms with Crippen LogP contribution in [0.5, 0.6) is 0 Å². The molecule has 0 radical (unpaired) electrons. The Labute approximate surface area is 270 Å². The fraction of sp³-hybridized carbons (Fsp3) is 0. The maximum absolute atomic E-state index is 6.14. The van der Waals surface area contributed by atoms with Crippen molar-refractivity contribution in [3.8, 4) is 56.7 Å². The Balaban J connectivity index is 1.18. The fourth-order valence-corrected chi connectivity index (χ4v) is 6.27. The molecule has 0 N–H and O–H groups in total. The Morgan fingerprint density at radius 2 is 0.915 bits per heavy atom. The Morgan fingerprint density at radius 3 is 1.57 bits per heavy atom. The summed E-state index contributed by atoms with van der Waals surface area (Å²) in [6.07, 6.45) is 0. The van der Waals surface area contributed by atoms with Crippen LogP contribution in [0.3, 0.4) is 0 Å². The van der Waals surface area contributed by atoms with E-state index in [1.54, 1.807) is 0 Å². The highest BCUT2D eigenvalue weighted by molar-refractivity contribution is 6.08. The minimum atomic E-state index is 0.628. The molecule has 47 heavy (non-hydrogen) atoms. The van der Waals surface area contributed by atoms with Crippen molar-refractivity contribution in [3.05, 3.63) is 158 Å². The van der Waals surface area contributed by atoms with Gasteiger partial charge in [0.05, 0.1) is 0 Å². The van der Waals surface area contributed by atoms with Crippen LogP contribution in [0.15, 0.2) is 162 Å². The first kappa shape index (κ1) is 26.9. The molecule has 220 valence electrons. The first-order valence-corrected chi connectivity index (χ1v) is 15.6.